The molecule has 0 aliphatic rings. The van der Waals surface area contributed by atoms with E-state index >= 15 is 0 Å². The summed E-state index contributed by atoms with van der Waals surface area (Å²) in [5, 5.41) is 3.00. The highest BCUT2D eigenvalue weighted by atomic mass is 16.2. The molecule has 4 aromatic rings. The fourth-order valence-electron chi connectivity index (χ4n) is 3.81. The largest absolute Gasteiger partial charge is 0.330 e. The van der Waals surface area contributed by atoms with E-state index in [2.05, 4.69) is 5.32 Å². The highest BCUT2D eigenvalue weighted by Gasteiger charge is 2.19. The first-order valence-electron chi connectivity index (χ1n) is 11.2. The molecule has 170 valence electrons. The molecule has 0 spiro atoms. The van der Waals surface area contributed by atoms with Gasteiger partial charge in [-0.1, -0.05) is 78.9 Å². The van der Waals surface area contributed by atoms with Crippen LogP contribution in [0.3, 0.4) is 0 Å². The first kappa shape index (κ1) is 23.0. The van der Waals surface area contributed by atoms with Gasteiger partial charge < -0.3 is 16.0 Å². The van der Waals surface area contributed by atoms with Crippen LogP contribution < -0.4 is 11.1 Å². The molecule has 0 atom stereocenters. The average molecular weight is 450 g/mol. The van der Waals surface area contributed by atoms with Gasteiger partial charge in [-0.3, -0.25) is 9.59 Å². The summed E-state index contributed by atoms with van der Waals surface area (Å²) in [5.74, 6) is -0.271. The van der Waals surface area contributed by atoms with Crippen molar-refractivity contribution in [2.75, 3.05) is 5.32 Å². The van der Waals surface area contributed by atoms with E-state index in [1.54, 1.807) is 17.0 Å². The Bertz CT molecular complexity index is 1260. The molecule has 0 heterocycles. The van der Waals surface area contributed by atoms with Gasteiger partial charge in [-0.15, -0.1) is 0 Å². The lowest BCUT2D eigenvalue weighted by atomic mass is 10.1. The van der Waals surface area contributed by atoms with Crippen LogP contribution in [0.1, 0.15) is 37.4 Å². The van der Waals surface area contributed by atoms with Crippen molar-refractivity contribution >= 4 is 17.5 Å². The summed E-state index contributed by atoms with van der Waals surface area (Å²) in [5.41, 5.74) is 10.6. The predicted octanol–water partition coefficient (Wildman–Crippen LogP) is 5.24. The summed E-state index contributed by atoms with van der Waals surface area (Å²) >= 11 is 0. The summed E-state index contributed by atoms with van der Waals surface area (Å²) in [6, 6.07) is 33.8. The van der Waals surface area contributed by atoms with Crippen LogP contribution in [0, 0.1) is 0 Å². The number of anilines is 1. The van der Waals surface area contributed by atoms with Crippen molar-refractivity contribution in [3.8, 4) is 0 Å². The van der Waals surface area contributed by atoms with E-state index in [0.717, 1.165) is 16.7 Å². The predicted molar refractivity (Wildman–Crippen MR) is 135 cm³/mol. The van der Waals surface area contributed by atoms with Crippen LogP contribution in [0.15, 0.2) is 109 Å². The topological polar surface area (TPSA) is 75.4 Å². The molecule has 0 aliphatic heterocycles. The highest BCUT2D eigenvalue weighted by molar-refractivity contribution is 6.04. The van der Waals surface area contributed by atoms with Gasteiger partial charge >= 0.3 is 0 Å². The van der Waals surface area contributed by atoms with Gasteiger partial charge in [0.05, 0.1) is 0 Å². The van der Waals surface area contributed by atoms with Crippen LogP contribution in [0.4, 0.5) is 5.69 Å². The zero-order valence-corrected chi connectivity index (χ0v) is 18.9. The van der Waals surface area contributed by atoms with Gasteiger partial charge in [0.15, 0.2) is 0 Å². The Morgan fingerprint density at radius 2 is 1.29 bits per heavy atom. The van der Waals surface area contributed by atoms with E-state index in [1.807, 2.05) is 97.1 Å². The summed E-state index contributed by atoms with van der Waals surface area (Å²) in [4.78, 5) is 28.0. The minimum atomic E-state index is -0.190. The van der Waals surface area contributed by atoms with Crippen molar-refractivity contribution < 1.29 is 9.59 Å². The Hall–Kier alpha value is -4.22. The number of carbonyl (C=O) groups is 2. The third-order valence-corrected chi connectivity index (χ3v) is 5.57. The zero-order valence-electron chi connectivity index (χ0n) is 18.9. The van der Waals surface area contributed by atoms with Crippen LogP contribution in [0.2, 0.25) is 0 Å². The van der Waals surface area contributed by atoms with Crippen LogP contribution in [0.5, 0.6) is 0 Å². The number of rotatable bonds is 8. The van der Waals surface area contributed by atoms with E-state index in [-0.39, 0.29) is 11.8 Å². The molecular formula is C29H27N3O2. The fourth-order valence-corrected chi connectivity index (χ4v) is 3.81. The van der Waals surface area contributed by atoms with E-state index in [9.17, 15) is 9.59 Å². The number of amides is 2. The molecule has 0 unspecified atom stereocenters. The monoisotopic (exact) mass is 449 g/mol. The molecule has 0 aliphatic carbocycles. The third kappa shape index (κ3) is 5.77. The molecule has 0 fully saturated rings. The normalized spacial score (nSPS) is 10.5. The molecule has 4 rings (SSSR count). The number of nitrogens with two attached hydrogens (primary N) is 1. The minimum Gasteiger partial charge on any atom is -0.330 e. The maximum atomic E-state index is 13.5. The number of hydrogen-bond acceptors (Lipinski definition) is 3. The number of nitrogens with one attached hydrogen (secondary N) is 1. The Morgan fingerprint density at radius 3 is 2.00 bits per heavy atom. The summed E-state index contributed by atoms with van der Waals surface area (Å²) < 4.78 is 0. The molecule has 0 radical (unpaired) electrons. The lowest BCUT2D eigenvalue weighted by Crippen LogP contribution is -2.30. The van der Waals surface area contributed by atoms with Gasteiger partial charge in [0.25, 0.3) is 11.8 Å². The van der Waals surface area contributed by atoms with Gasteiger partial charge in [-0.05, 0) is 47.0 Å². The number of nitrogens with zero attached hydrogens (tertiary/aromatic N) is 1. The molecule has 0 saturated carbocycles. The second-order valence-electron chi connectivity index (χ2n) is 8.03. The molecule has 4 aromatic carbocycles. The number of hydrogen-bond donors (Lipinski definition) is 2. The second kappa shape index (κ2) is 11.1. The Kier molecular flexibility index (Phi) is 7.48. The lowest BCUT2D eigenvalue weighted by Gasteiger charge is -2.25. The van der Waals surface area contributed by atoms with Crippen LogP contribution in [-0.2, 0) is 19.6 Å². The van der Waals surface area contributed by atoms with Crippen molar-refractivity contribution in [1.82, 2.24) is 4.90 Å². The molecule has 0 saturated heterocycles. The van der Waals surface area contributed by atoms with Gasteiger partial charge in [-0.25, -0.2) is 0 Å². The molecular weight excluding hydrogens is 422 g/mol. The number of para-hydroxylation sites is 1. The standard InChI is InChI=1S/C29H27N3O2/c30-19-22-10-9-11-23(18-22)20-32(29(34)25-14-5-2-6-15-25)21-26-16-7-8-17-27(26)31-28(33)24-12-3-1-4-13-24/h1-18H,19-21,30H2,(H,31,33). The molecule has 5 nitrogen and oxygen atoms in total. The highest BCUT2D eigenvalue weighted by Crippen LogP contribution is 2.21. The van der Waals surface area contributed by atoms with Crippen LogP contribution in [-0.4, -0.2) is 16.7 Å². The van der Waals surface area contributed by atoms with Gasteiger partial charge in [0.1, 0.15) is 0 Å². The fraction of sp³-hybridized carbons (Fsp3) is 0.103. The van der Waals surface area contributed by atoms with Gasteiger partial charge in [0, 0.05) is 36.4 Å². The van der Waals surface area contributed by atoms with Crippen molar-refractivity contribution in [2.45, 2.75) is 19.6 Å². The first-order valence-corrected chi connectivity index (χ1v) is 11.2. The first-order chi connectivity index (χ1) is 16.6. The third-order valence-electron chi connectivity index (χ3n) is 5.57. The average Bonchev–Trinajstić information content (AvgIpc) is 2.90. The minimum absolute atomic E-state index is 0.0806. The van der Waals surface area contributed by atoms with E-state index in [4.69, 9.17) is 5.73 Å². The molecule has 5 heteroatoms. The molecule has 3 N–H and O–H groups in total. The van der Waals surface area contributed by atoms with Gasteiger partial charge in [0.2, 0.25) is 0 Å². The van der Waals surface area contributed by atoms with Gasteiger partial charge in [-0.2, -0.15) is 0 Å². The Balaban J connectivity index is 1.62. The zero-order chi connectivity index (χ0) is 23.8. The molecule has 34 heavy (non-hydrogen) atoms. The van der Waals surface area contributed by atoms with Crippen molar-refractivity contribution in [1.29, 1.82) is 0 Å². The van der Waals surface area contributed by atoms with Crippen LogP contribution >= 0.6 is 0 Å². The maximum absolute atomic E-state index is 13.5. The molecule has 0 bridgehead atoms. The lowest BCUT2D eigenvalue weighted by molar-refractivity contribution is 0.0730. The molecule has 2 amide bonds. The number of benzene rings is 4. The maximum Gasteiger partial charge on any atom is 0.255 e. The second-order valence-corrected chi connectivity index (χ2v) is 8.03. The van der Waals surface area contributed by atoms with E-state index in [0.29, 0.717) is 36.4 Å². The van der Waals surface area contributed by atoms with Crippen LogP contribution in [0.25, 0.3) is 0 Å². The summed E-state index contributed by atoms with van der Waals surface area (Å²) in [7, 11) is 0. The smallest absolute Gasteiger partial charge is 0.255 e. The van der Waals surface area contributed by atoms with Crippen molar-refractivity contribution in [3.63, 3.8) is 0 Å². The van der Waals surface area contributed by atoms with Crippen molar-refractivity contribution in [2.24, 2.45) is 5.73 Å². The Morgan fingerprint density at radius 1 is 0.676 bits per heavy atom. The summed E-state index contributed by atoms with van der Waals surface area (Å²) in [6.07, 6.45) is 0. The SMILES string of the molecule is NCc1cccc(CN(Cc2ccccc2NC(=O)c2ccccc2)C(=O)c2ccccc2)c1. The quantitative estimate of drug-likeness (QED) is 0.386. The summed E-state index contributed by atoms with van der Waals surface area (Å²) in [6.45, 7) is 1.20. The van der Waals surface area contributed by atoms with E-state index in [1.165, 1.54) is 0 Å². The van der Waals surface area contributed by atoms with E-state index < -0.39 is 0 Å². The molecule has 0 aromatic heterocycles. The van der Waals surface area contributed by atoms with Crippen molar-refractivity contribution in [3.05, 3.63) is 137 Å². The number of carbonyl (C=O) groups excluding carboxylic acids is 2. The Labute approximate surface area is 199 Å².